The van der Waals surface area contributed by atoms with Gasteiger partial charge in [0.05, 0.1) is 0 Å². The van der Waals surface area contributed by atoms with E-state index in [2.05, 4.69) is 35.3 Å². The zero-order valence-electron chi connectivity index (χ0n) is 10.6. The highest BCUT2D eigenvalue weighted by Gasteiger charge is 2.12. The fourth-order valence-electron chi connectivity index (χ4n) is 1.62. The van der Waals surface area contributed by atoms with Gasteiger partial charge < -0.3 is 5.73 Å². The summed E-state index contributed by atoms with van der Waals surface area (Å²) in [6.45, 7) is 4.17. The maximum Gasteiger partial charge on any atom is 0.174 e. The van der Waals surface area contributed by atoms with Crippen molar-refractivity contribution in [2.75, 3.05) is 0 Å². The highest BCUT2D eigenvalue weighted by atomic mass is 32.2. The van der Waals surface area contributed by atoms with Crippen molar-refractivity contribution < 1.29 is 0 Å². The van der Waals surface area contributed by atoms with E-state index in [4.69, 9.17) is 5.73 Å². The van der Waals surface area contributed by atoms with Crippen LogP contribution >= 0.6 is 23.3 Å². The third-order valence-electron chi connectivity index (χ3n) is 2.72. The Hall–Kier alpha value is -0.910. The lowest BCUT2D eigenvalue weighted by Gasteiger charge is -2.13. The second kappa shape index (κ2) is 6.31. The molecule has 1 unspecified atom stereocenters. The Morgan fingerprint density at radius 1 is 1.33 bits per heavy atom. The van der Waals surface area contributed by atoms with Gasteiger partial charge in [0.2, 0.25) is 0 Å². The van der Waals surface area contributed by atoms with E-state index in [1.807, 2.05) is 12.1 Å². The number of aryl methyl sites for hydroxylation is 1. The second-order valence-corrected chi connectivity index (χ2v) is 6.03. The fraction of sp³-hybridized carbons (Fsp3) is 0.385. The highest BCUT2D eigenvalue weighted by Crippen LogP contribution is 2.34. The van der Waals surface area contributed by atoms with Crippen molar-refractivity contribution in [2.24, 2.45) is 5.73 Å². The molecule has 0 fully saturated rings. The number of hydrogen-bond acceptors (Lipinski definition) is 5. The van der Waals surface area contributed by atoms with Crippen LogP contribution in [-0.2, 0) is 6.42 Å². The Balaban J connectivity index is 2.23. The summed E-state index contributed by atoms with van der Waals surface area (Å²) < 4.78 is 5.29. The van der Waals surface area contributed by atoms with Gasteiger partial charge in [-0.25, -0.2) is 4.98 Å². The van der Waals surface area contributed by atoms with E-state index in [9.17, 15) is 0 Å². The molecule has 0 aliphatic rings. The molecule has 2 aromatic rings. The van der Waals surface area contributed by atoms with Crippen LogP contribution in [0, 0.1) is 0 Å². The van der Waals surface area contributed by atoms with Crippen LogP contribution in [0.1, 0.15) is 37.7 Å². The molecule has 0 aliphatic heterocycles. The minimum Gasteiger partial charge on any atom is -0.324 e. The predicted octanol–water partition coefficient (Wildman–Crippen LogP) is 3.66. The Morgan fingerprint density at radius 2 is 2.11 bits per heavy atom. The van der Waals surface area contributed by atoms with Crippen molar-refractivity contribution in [3.05, 3.63) is 35.7 Å². The van der Waals surface area contributed by atoms with E-state index in [0.29, 0.717) is 0 Å². The number of rotatable bonds is 5. The van der Waals surface area contributed by atoms with Crippen LogP contribution in [0.3, 0.4) is 0 Å². The molecule has 0 saturated carbocycles. The van der Waals surface area contributed by atoms with Gasteiger partial charge in [0, 0.05) is 17.4 Å². The van der Waals surface area contributed by atoms with E-state index >= 15 is 0 Å². The third kappa shape index (κ3) is 3.10. The average Bonchev–Trinajstić information content (AvgIpc) is 2.86. The Kier molecular flexibility index (Phi) is 4.74. The van der Waals surface area contributed by atoms with Gasteiger partial charge in [-0.3, -0.25) is 0 Å². The molecule has 0 radical (unpaired) electrons. The Bertz CT molecular complexity index is 510. The molecule has 0 aliphatic carbocycles. The van der Waals surface area contributed by atoms with Gasteiger partial charge in [-0.1, -0.05) is 43.8 Å². The van der Waals surface area contributed by atoms with Crippen LogP contribution < -0.4 is 5.73 Å². The molecule has 1 aromatic carbocycles. The minimum atomic E-state index is 0.0901. The van der Waals surface area contributed by atoms with Crippen LogP contribution in [0.4, 0.5) is 0 Å². The summed E-state index contributed by atoms with van der Waals surface area (Å²) in [5.74, 6) is 0.916. The maximum atomic E-state index is 6.13. The van der Waals surface area contributed by atoms with Crippen molar-refractivity contribution in [3.63, 3.8) is 0 Å². The first kappa shape index (κ1) is 13.5. The first-order valence-corrected chi connectivity index (χ1v) is 7.68. The number of benzene rings is 1. The van der Waals surface area contributed by atoms with Crippen LogP contribution in [0.2, 0.25) is 0 Å². The van der Waals surface area contributed by atoms with E-state index in [1.54, 1.807) is 11.8 Å². The third-order valence-corrected chi connectivity index (χ3v) is 4.60. The Labute approximate surface area is 116 Å². The first-order valence-electron chi connectivity index (χ1n) is 6.09. The smallest absolute Gasteiger partial charge is 0.174 e. The zero-order valence-corrected chi connectivity index (χ0v) is 12.2. The molecule has 5 heteroatoms. The van der Waals surface area contributed by atoms with Gasteiger partial charge in [-0.05, 0) is 29.6 Å². The summed E-state index contributed by atoms with van der Waals surface area (Å²) in [5, 5.41) is 0. The van der Waals surface area contributed by atoms with E-state index in [-0.39, 0.29) is 6.04 Å². The lowest BCUT2D eigenvalue weighted by Crippen LogP contribution is -2.09. The molecule has 3 nitrogen and oxygen atoms in total. The Morgan fingerprint density at radius 3 is 2.78 bits per heavy atom. The van der Waals surface area contributed by atoms with Gasteiger partial charge in [-0.15, -0.1) is 0 Å². The SMILES string of the molecule is CCc1nsc(Sc2ccccc2C(N)CC)n1. The molecule has 18 heavy (non-hydrogen) atoms. The summed E-state index contributed by atoms with van der Waals surface area (Å²) in [7, 11) is 0. The largest absolute Gasteiger partial charge is 0.324 e. The molecular weight excluding hydrogens is 262 g/mol. The number of nitrogens with zero attached hydrogens (tertiary/aromatic N) is 2. The molecule has 0 bridgehead atoms. The molecule has 1 aromatic heterocycles. The summed E-state index contributed by atoms with van der Waals surface area (Å²) >= 11 is 3.12. The summed E-state index contributed by atoms with van der Waals surface area (Å²) in [5.41, 5.74) is 7.33. The van der Waals surface area contributed by atoms with E-state index in [1.165, 1.54) is 22.0 Å². The van der Waals surface area contributed by atoms with Gasteiger partial charge in [-0.2, -0.15) is 4.37 Å². The number of nitrogens with two attached hydrogens (primary N) is 1. The van der Waals surface area contributed by atoms with Crippen molar-refractivity contribution in [2.45, 2.75) is 42.0 Å². The normalized spacial score (nSPS) is 12.6. The average molecular weight is 279 g/mol. The number of hydrogen-bond donors (Lipinski definition) is 1. The molecule has 96 valence electrons. The molecule has 1 heterocycles. The monoisotopic (exact) mass is 279 g/mol. The molecular formula is C13H17N3S2. The molecule has 0 spiro atoms. The zero-order chi connectivity index (χ0) is 13.0. The molecule has 2 rings (SSSR count). The molecule has 0 saturated heterocycles. The van der Waals surface area contributed by atoms with Crippen LogP contribution in [-0.4, -0.2) is 9.36 Å². The predicted molar refractivity (Wildman–Crippen MR) is 77.1 cm³/mol. The fourth-order valence-corrected chi connectivity index (χ4v) is 3.47. The van der Waals surface area contributed by atoms with E-state index in [0.717, 1.165) is 23.0 Å². The lowest BCUT2D eigenvalue weighted by molar-refractivity contribution is 0.685. The maximum absolute atomic E-state index is 6.13. The van der Waals surface area contributed by atoms with Crippen LogP contribution in [0.25, 0.3) is 0 Å². The van der Waals surface area contributed by atoms with E-state index < -0.39 is 0 Å². The molecule has 2 N–H and O–H groups in total. The van der Waals surface area contributed by atoms with Crippen molar-refractivity contribution in [1.82, 2.24) is 9.36 Å². The summed E-state index contributed by atoms with van der Waals surface area (Å²) in [4.78, 5) is 5.67. The van der Waals surface area contributed by atoms with Crippen molar-refractivity contribution in [3.8, 4) is 0 Å². The summed E-state index contributed by atoms with van der Waals surface area (Å²) in [6, 6.07) is 8.36. The molecule has 0 amide bonds. The van der Waals surface area contributed by atoms with Crippen molar-refractivity contribution >= 4 is 23.3 Å². The second-order valence-electron chi connectivity index (χ2n) is 3.98. The van der Waals surface area contributed by atoms with Gasteiger partial charge in [0.25, 0.3) is 0 Å². The van der Waals surface area contributed by atoms with Gasteiger partial charge in [0.1, 0.15) is 5.82 Å². The minimum absolute atomic E-state index is 0.0901. The first-order chi connectivity index (χ1) is 8.74. The van der Waals surface area contributed by atoms with Crippen LogP contribution in [0.15, 0.2) is 33.5 Å². The summed E-state index contributed by atoms with van der Waals surface area (Å²) in [6.07, 6.45) is 1.82. The quantitative estimate of drug-likeness (QED) is 0.907. The van der Waals surface area contributed by atoms with Crippen molar-refractivity contribution in [1.29, 1.82) is 0 Å². The standard InChI is InChI=1S/C13H17N3S2/c1-3-10(14)9-7-5-6-8-11(9)17-13-15-12(4-2)16-18-13/h5-8,10H,3-4,14H2,1-2H3. The van der Waals surface area contributed by atoms with Gasteiger partial charge >= 0.3 is 0 Å². The topological polar surface area (TPSA) is 51.8 Å². The molecule has 1 atom stereocenters. The lowest BCUT2D eigenvalue weighted by atomic mass is 10.1. The van der Waals surface area contributed by atoms with Crippen LogP contribution in [0.5, 0.6) is 0 Å². The van der Waals surface area contributed by atoms with Gasteiger partial charge in [0.15, 0.2) is 4.34 Å². The number of aromatic nitrogens is 2. The highest BCUT2D eigenvalue weighted by molar-refractivity contribution is 8.01.